The van der Waals surface area contributed by atoms with Gasteiger partial charge in [-0.2, -0.15) is 0 Å². The number of rotatable bonds is 49. The molecule has 0 heterocycles. The van der Waals surface area contributed by atoms with Gasteiger partial charge in [-0.3, -0.25) is 13.8 Å². The molecule has 0 aromatic carbocycles. The number of nitrogens with two attached hydrogens (primary N) is 1. The number of carbonyl (C=O) groups excluding carboxylic acids is 1. The Morgan fingerprint density at radius 2 is 0.848 bits per heavy atom. The molecule has 0 fully saturated rings. The minimum Gasteiger partial charge on any atom is -0.457 e. The van der Waals surface area contributed by atoms with Gasteiger partial charge >= 0.3 is 13.8 Å². The minimum atomic E-state index is -4.30. The Hall–Kier alpha value is -2.84. The van der Waals surface area contributed by atoms with Gasteiger partial charge in [0.1, 0.15) is 6.10 Å². The van der Waals surface area contributed by atoms with Crippen LogP contribution in [0.15, 0.2) is 109 Å². The van der Waals surface area contributed by atoms with Gasteiger partial charge in [-0.1, -0.05) is 207 Å². The second-order valence-corrected chi connectivity index (χ2v) is 18.5. The number of phosphoric acid groups is 1. The van der Waals surface area contributed by atoms with E-state index in [4.69, 9.17) is 24.3 Å². The lowest BCUT2D eigenvalue weighted by Crippen LogP contribution is -2.28. The monoisotopic (exact) mass is 940 g/mol. The van der Waals surface area contributed by atoms with Crippen molar-refractivity contribution in [2.24, 2.45) is 5.73 Å². The molecule has 0 aliphatic heterocycles. The maximum Gasteiger partial charge on any atom is 0.472 e. The average molecular weight is 940 g/mol. The second-order valence-electron chi connectivity index (χ2n) is 17.0. The van der Waals surface area contributed by atoms with Crippen LogP contribution in [0.3, 0.4) is 0 Å². The molecule has 8 nitrogen and oxygen atoms in total. The van der Waals surface area contributed by atoms with Crippen molar-refractivity contribution in [3.8, 4) is 0 Å². The number of hydrogen-bond donors (Lipinski definition) is 2. The first-order valence-electron chi connectivity index (χ1n) is 26.4. The van der Waals surface area contributed by atoms with Crippen LogP contribution >= 0.6 is 7.82 Å². The van der Waals surface area contributed by atoms with Crippen molar-refractivity contribution in [2.75, 3.05) is 33.0 Å². The molecule has 0 spiro atoms. The molecule has 3 N–H and O–H groups in total. The summed E-state index contributed by atoms with van der Waals surface area (Å²) < 4.78 is 33.6. The van der Waals surface area contributed by atoms with E-state index in [9.17, 15) is 14.3 Å². The predicted molar refractivity (Wildman–Crippen MR) is 284 cm³/mol. The zero-order valence-electron chi connectivity index (χ0n) is 42.1. The molecule has 2 atom stereocenters. The van der Waals surface area contributed by atoms with Crippen LogP contribution in [0.1, 0.15) is 206 Å². The van der Waals surface area contributed by atoms with Gasteiger partial charge in [0.05, 0.1) is 19.8 Å². The molecule has 0 aromatic heterocycles. The van der Waals surface area contributed by atoms with Gasteiger partial charge in [-0.05, 0) is 103 Å². The number of esters is 1. The fourth-order valence-electron chi connectivity index (χ4n) is 6.83. The third-order valence-corrected chi connectivity index (χ3v) is 11.7. The summed E-state index contributed by atoms with van der Waals surface area (Å²) in [5.74, 6) is -0.350. The standard InChI is InChI=1S/C57H98NO7P/c1-3-5-7-9-11-13-15-17-19-21-23-25-27-28-29-30-32-34-36-38-40-42-44-46-48-50-57(59)65-56(55-64-66(60,61)63-53-51-58)54-62-52-49-47-45-43-41-39-37-35-33-31-26-24-22-20-18-16-14-12-10-8-6-4-2/h6,8,12,14-15,17-18,20-21,23-24,26-28,33,35,39,41,56H,3-5,7,9-11,13,16,19,22,25,29-32,34,36-38,40,42-55,58H2,1-2H3,(H,60,61)/b8-6-,14-12-,17-15-,20-18-,23-21-,26-24-,28-27-,35-33-,41-39-. The molecule has 0 aliphatic rings. The molecular formula is C57H98NO7P. The molecule has 9 heteroatoms. The van der Waals surface area contributed by atoms with Gasteiger partial charge in [0.2, 0.25) is 0 Å². The summed E-state index contributed by atoms with van der Waals surface area (Å²) in [6.07, 6.45) is 72.7. The van der Waals surface area contributed by atoms with E-state index in [-0.39, 0.29) is 32.3 Å². The van der Waals surface area contributed by atoms with E-state index in [1.54, 1.807) is 0 Å². The van der Waals surface area contributed by atoms with Crippen LogP contribution < -0.4 is 5.73 Å². The zero-order chi connectivity index (χ0) is 48.0. The molecule has 66 heavy (non-hydrogen) atoms. The van der Waals surface area contributed by atoms with Crippen molar-refractivity contribution in [1.29, 1.82) is 0 Å². The third kappa shape index (κ3) is 52.1. The largest absolute Gasteiger partial charge is 0.472 e. The maximum absolute atomic E-state index is 12.7. The topological polar surface area (TPSA) is 117 Å². The SMILES string of the molecule is CC/C=C\C/C=C\C/C=C\C/C=C\C/C=C\C/C=C\CCCCCOCC(COP(=O)(O)OCCN)OC(=O)CCCCCCCCCCCC/C=C\C/C=C\C/C=C\CCCCCCC. The van der Waals surface area contributed by atoms with Crippen molar-refractivity contribution in [1.82, 2.24) is 0 Å². The highest BCUT2D eigenvalue weighted by Gasteiger charge is 2.25. The molecule has 0 bridgehead atoms. The van der Waals surface area contributed by atoms with Gasteiger partial charge < -0.3 is 20.1 Å². The molecule has 378 valence electrons. The first-order chi connectivity index (χ1) is 32.4. The highest BCUT2D eigenvalue weighted by molar-refractivity contribution is 7.47. The highest BCUT2D eigenvalue weighted by atomic mass is 31.2. The molecular weight excluding hydrogens is 842 g/mol. The number of ether oxygens (including phenoxy) is 2. The Morgan fingerprint density at radius 1 is 0.470 bits per heavy atom. The molecule has 0 rings (SSSR count). The van der Waals surface area contributed by atoms with E-state index in [1.165, 1.54) is 89.9 Å². The van der Waals surface area contributed by atoms with Crippen molar-refractivity contribution in [3.05, 3.63) is 109 Å². The predicted octanol–water partition coefficient (Wildman–Crippen LogP) is 16.8. The molecule has 0 aliphatic carbocycles. The van der Waals surface area contributed by atoms with Crippen molar-refractivity contribution >= 4 is 13.8 Å². The van der Waals surface area contributed by atoms with E-state index in [0.717, 1.165) is 96.3 Å². The van der Waals surface area contributed by atoms with Crippen molar-refractivity contribution < 1.29 is 32.8 Å². The zero-order valence-corrected chi connectivity index (χ0v) is 43.0. The van der Waals surface area contributed by atoms with Crippen LogP contribution in [0, 0.1) is 0 Å². The van der Waals surface area contributed by atoms with Crippen LogP contribution in [-0.2, 0) is 27.9 Å². The molecule has 2 unspecified atom stereocenters. The van der Waals surface area contributed by atoms with Crippen LogP contribution in [0.4, 0.5) is 0 Å². The number of hydrogen-bond acceptors (Lipinski definition) is 7. The van der Waals surface area contributed by atoms with Crippen LogP contribution in [-0.4, -0.2) is 49.9 Å². The molecule has 0 amide bonds. The Balaban J connectivity index is 4.04. The summed E-state index contributed by atoms with van der Waals surface area (Å²) in [7, 11) is -4.30. The summed E-state index contributed by atoms with van der Waals surface area (Å²) >= 11 is 0. The normalized spacial score (nSPS) is 14.2. The van der Waals surface area contributed by atoms with Gasteiger partial charge in [0.15, 0.2) is 0 Å². The summed E-state index contributed by atoms with van der Waals surface area (Å²) in [6, 6.07) is 0. The van der Waals surface area contributed by atoms with E-state index >= 15 is 0 Å². The fraction of sp³-hybridized carbons (Fsp3) is 0.667. The Morgan fingerprint density at radius 3 is 1.27 bits per heavy atom. The van der Waals surface area contributed by atoms with Gasteiger partial charge in [0.25, 0.3) is 0 Å². The lowest BCUT2D eigenvalue weighted by molar-refractivity contribution is -0.154. The fourth-order valence-corrected chi connectivity index (χ4v) is 7.60. The molecule has 0 aromatic rings. The second kappa shape index (κ2) is 53.1. The van der Waals surface area contributed by atoms with Crippen LogP contribution in [0.25, 0.3) is 0 Å². The van der Waals surface area contributed by atoms with E-state index in [0.29, 0.717) is 13.0 Å². The Kier molecular flexibility index (Phi) is 50.8. The smallest absolute Gasteiger partial charge is 0.457 e. The average Bonchev–Trinajstić information content (AvgIpc) is 3.31. The van der Waals surface area contributed by atoms with Gasteiger partial charge in [-0.25, -0.2) is 4.57 Å². The van der Waals surface area contributed by atoms with Crippen LogP contribution in [0.2, 0.25) is 0 Å². The Bertz CT molecular complexity index is 1380. The highest BCUT2D eigenvalue weighted by Crippen LogP contribution is 2.43. The van der Waals surface area contributed by atoms with Crippen molar-refractivity contribution in [3.63, 3.8) is 0 Å². The lowest BCUT2D eigenvalue weighted by Gasteiger charge is -2.20. The van der Waals surface area contributed by atoms with E-state index < -0.39 is 13.9 Å². The van der Waals surface area contributed by atoms with Gasteiger partial charge in [0, 0.05) is 19.6 Å². The molecule has 0 saturated heterocycles. The van der Waals surface area contributed by atoms with Crippen molar-refractivity contribution in [2.45, 2.75) is 213 Å². The summed E-state index contributed by atoms with van der Waals surface area (Å²) in [6.45, 7) is 4.69. The number of unbranched alkanes of at least 4 members (excludes halogenated alkanes) is 18. The molecule has 0 radical (unpaired) electrons. The third-order valence-electron chi connectivity index (χ3n) is 10.7. The summed E-state index contributed by atoms with van der Waals surface area (Å²) in [5.41, 5.74) is 5.39. The Labute approximate surface area is 405 Å². The summed E-state index contributed by atoms with van der Waals surface area (Å²) in [5, 5.41) is 0. The minimum absolute atomic E-state index is 0.0850. The maximum atomic E-state index is 12.7. The van der Waals surface area contributed by atoms with E-state index in [1.807, 2.05) is 0 Å². The quantitative estimate of drug-likeness (QED) is 0.0268. The first kappa shape index (κ1) is 63.2. The van der Waals surface area contributed by atoms with Crippen LogP contribution in [0.5, 0.6) is 0 Å². The molecule has 0 saturated carbocycles. The number of phosphoric ester groups is 1. The van der Waals surface area contributed by atoms with E-state index in [2.05, 4.69) is 123 Å². The lowest BCUT2D eigenvalue weighted by atomic mass is 10.0. The number of carbonyl (C=O) groups is 1. The van der Waals surface area contributed by atoms with Gasteiger partial charge in [-0.15, -0.1) is 0 Å². The first-order valence-corrected chi connectivity index (χ1v) is 27.9. The number of allylic oxidation sites excluding steroid dienone is 18. The summed E-state index contributed by atoms with van der Waals surface area (Å²) in [4.78, 5) is 22.6.